The first kappa shape index (κ1) is 16.3. The molecule has 0 amide bonds. The van der Waals surface area contributed by atoms with E-state index in [1.807, 2.05) is 0 Å². The minimum atomic E-state index is 0.369. The van der Waals surface area contributed by atoms with Gasteiger partial charge in [0, 0.05) is 36.7 Å². The third-order valence-corrected chi connectivity index (χ3v) is 6.82. The van der Waals surface area contributed by atoms with Crippen LogP contribution in [-0.4, -0.2) is 36.1 Å². The molecule has 0 atom stereocenters. The Morgan fingerprint density at radius 2 is 1.85 bits per heavy atom. The molecule has 1 aliphatic heterocycles. The molecule has 134 valence electrons. The molecule has 5 rings (SSSR count). The number of halogens is 1. The fraction of sp³-hybridized carbons (Fsp3) is 0.400. The number of aryl methyl sites for hydroxylation is 3. The molecule has 1 saturated heterocycles. The summed E-state index contributed by atoms with van der Waals surface area (Å²) < 4.78 is 0. The van der Waals surface area contributed by atoms with Gasteiger partial charge in [-0.15, -0.1) is 11.3 Å². The van der Waals surface area contributed by atoms with Gasteiger partial charge in [-0.2, -0.15) is 4.98 Å². The maximum atomic E-state index is 6.26. The fourth-order valence-corrected chi connectivity index (χ4v) is 5.65. The molecular formula is C20H21ClN4S. The lowest BCUT2D eigenvalue weighted by atomic mass is 10.1. The summed E-state index contributed by atoms with van der Waals surface area (Å²) in [5, 5.41) is 1.63. The highest BCUT2D eigenvalue weighted by Crippen LogP contribution is 2.41. The summed E-state index contributed by atoms with van der Waals surface area (Å²) in [7, 11) is 0. The zero-order chi connectivity index (χ0) is 17.7. The lowest BCUT2D eigenvalue weighted by Crippen LogP contribution is -2.47. The Kier molecular flexibility index (Phi) is 4.02. The van der Waals surface area contributed by atoms with Gasteiger partial charge >= 0.3 is 0 Å². The molecule has 2 aromatic heterocycles. The topological polar surface area (TPSA) is 32.3 Å². The standard InChI is InChI=1S/C20H21ClN4S/c1-13-4-2-5-14(12-13)24-8-10-25(11-9-24)18-17-15-6-3-7-16(15)26-19(17)23-20(21)22-18/h2,4-5,12H,3,6-11H2,1H3. The van der Waals surface area contributed by atoms with Crippen molar-refractivity contribution in [3.8, 4) is 0 Å². The molecule has 26 heavy (non-hydrogen) atoms. The first-order valence-corrected chi connectivity index (χ1v) is 10.4. The van der Waals surface area contributed by atoms with E-state index in [1.54, 1.807) is 11.3 Å². The summed E-state index contributed by atoms with van der Waals surface area (Å²) in [6.07, 6.45) is 3.57. The van der Waals surface area contributed by atoms with Crippen LogP contribution in [-0.2, 0) is 12.8 Å². The predicted molar refractivity (Wildman–Crippen MR) is 110 cm³/mol. The maximum absolute atomic E-state index is 6.26. The lowest BCUT2D eigenvalue weighted by molar-refractivity contribution is 0.648. The van der Waals surface area contributed by atoms with Crippen molar-refractivity contribution in [2.75, 3.05) is 36.0 Å². The highest BCUT2D eigenvalue weighted by Gasteiger charge is 2.26. The molecule has 0 N–H and O–H groups in total. The molecule has 4 nitrogen and oxygen atoms in total. The van der Waals surface area contributed by atoms with Gasteiger partial charge in [0.05, 0.1) is 5.39 Å². The van der Waals surface area contributed by atoms with Crippen LogP contribution < -0.4 is 9.80 Å². The number of piperazine rings is 1. The summed E-state index contributed by atoms with van der Waals surface area (Å²) in [5.74, 6) is 1.04. The van der Waals surface area contributed by atoms with Crippen molar-refractivity contribution in [2.24, 2.45) is 0 Å². The second-order valence-corrected chi connectivity index (χ2v) is 8.59. The summed E-state index contributed by atoms with van der Waals surface area (Å²) in [5.41, 5.74) is 4.09. The number of hydrogen-bond donors (Lipinski definition) is 0. The Labute approximate surface area is 162 Å². The summed E-state index contributed by atoms with van der Waals surface area (Å²) >= 11 is 8.06. The predicted octanol–water partition coefficient (Wildman–Crippen LogP) is 4.47. The molecule has 1 fully saturated rings. The summed E-state index contributed by atoms with van der Waals surface area (Å²) in [4.78, 5) is 16.6. The van der Waals surface area contributed by atoms with E-state index < -0.39 is 0 Å². The van der Waals surface area contributed by atoms with Crippen LogP contribution in [0.2, 0.25) is 5.28 Å². The number of anilines is 2. The average Bonchev–Trinajstić information content (AvgIpc) is 3.22. The molecule has 3 heterocycles. The van der Waals surface area contributed by atoms with E-state index in [2.05, 4.69) is 51.0 Å². The molecule has 3 aromatic rings. The largest absolute Gasteiger partial charge is 0.368 e. The third-order valence-electron chi connectivity index (χ3n) is 5.46. The molecule has 2 aliphatic rings. The average molecular weight is 385 g/mol. The Morgan fingerprint density at radius 3 is 2.65 bits per heavy atom. The Bertz CT molecular complexity index is 975. The first-order valence-electron chi connectivity index (χ1n) is 9.23. The zero-order valence-electron chi connectivity index (χ0n) is 14.8. The zero-order valence-corrected chi connectivity index (χ0v) is 16.4. The van der Waals surface area contributed by atoms with Crippen molar-refractivity contribution >= 4 is 44.7 Å². The smallest absolute Gasteiger partial charge is 0.225 e. The highest BCUT2D eigenvalue weighted by atomic mass is 35.5. The second-order valence-electron chi connectivity index (χ2n) is 7.17. The molecule has 0 spiro atoms. The van der Waals surface area contributed by atoms with Crippen LogP contribution in [0.4, 0.5) is 11.5 Å². The molecule has 0 unspecified atom stereocenters. The van der Waals surface area contributed by atoms with E-state index >= 15 is 0 Å². The van der Waals surface area contributed by atoms with Gasteiger partial charge < -0.3 is 9.80 Å². The Balaban J connectivity index is 1.45. The molecule has 6 heteroatoms. The van der Waals surface area contributed by atoms with Gasteiger partial charge in [0.25, 0.3) is 0 Å². The van der Waals surface area contributed by atoms with Crippen LogP contribution in [0.3, 0.4) is 0 Å². The monoisotopic (exact) mass is 384 g/mol. The number of hydrogen-bond acceptors (Lipinski definition) is 5. The van der Waals surface area contributed by atoms with Crippen molar-refractivity contribution in [3.05, 3.63) is 45.6 Å². The van der Waals surface area contributed by atoms with Crippen LogP contribution in [0, 0.1) is 6.92 Å². The van der Waals surface area contributed by atoms with Gasteiger partial charge in [-0.3, -0.25) is 0 Å². The number of thiophene rings is 1. The first-order chi connectivity index (χ1) is 12.7. The number of aromatic nitrogens is 2. The summed E-state index contributed by atoms with van der Waals surface area (Å²) in [6.45, 7) is 6.07. The van der Waals surface area contributed by atoms with E-state index in [1.165, 1.54) is 39.9 Å². The fourth-order valence-electron chi connectivity index (χ4n) is 4.18. The third kappa shape index (κ3) is 2.74. The number of nitrogens with zero attached hydrogens (tertiary/aromatic N) is 4. The second kappa shape index (κ2) is 6.39. The van der Waals surface area contributed by atoms with Crippen molar-refractivity contribution in [3.63, 3.8) is 0 Å². The van der Waals surface area contributed by atoms with Crippen molar-refractivity contribution < 1.29 is 0 Å². The normalized spacial score (nSPS) is 17.2. The van der Waals surface area contributed by atoms with Crippen LogP contribution in [0.1, 0.15) is 22.4 Å². The van der Waals surface area contributed by atoms with Gasteiger partial charge in [0.1, 0.15) is 10.6 Å². The van der Waals surface area contributed by atoms with Gasteiger partial charge in [-0.25, -0.2) is 4.98 Å². The van der Waals surface area contributed by atoms with Crippen LogP contribution in [0.15, 0.2) is 24.3 Å². The quantitative estimate of drug-likeness (QED) is 0.610. The van der Waals surface area contributed by atoms with Gasteiger partial charge in [0.2, 0.25) is 5.28 Å². The molecule has 1 aliphatic carbocycles. The summed E-state index contributed by atoms with van der Waals surface area (Å²) in [6, 6.07) is 8.76. The van der Waals surface area contributed by atoms with E-state index in [-0.39, 0.29) is 0 Å². The molecule has 1 aromatic carbocycles. The van der Waals surface area contributed by atoms with Crippen LogP contribution >= 0.6 is 22.9 Å². The highest BCUT2D eigenvalue weighted by molar-refractivity contribution is 7.19. The Hall–Kier alpha value is -1.85. The number of benzene rings is 1. The van der Waals surface area contributed by atoms with E-state index in [0.29, 0.717) is 5.28 Å². The molecular weight excluding hydrogens is 364 g/mol. The maximum Gasteiger partial charge on any atom is 0.225 e. The molecule has 0 bridgehead atoms. The van der Waals surface area contributed by atoms with Crippen LogP contribution in [0.5, 0.6) is 0 Å². The van der Waals surface area contributed by atoms with Gasteiger partial charge in [0.15, 0.2) is 0 Å². The minimum absolute atomic E-state index is 0.369. The van der Waals surface area contributed by atoms with E-state index in [9.17, 15) is 0 Å². The number of fused-ring (bicyclic) bond motifs is 3. The van der Waals surface area contributed by atoms with E-state index in [4.69, 9.17) is 11.6 Å². The van der Waals surface area contributed by atoms with Crippen molar-refractivity contribution in [1.29, 1.82) is 0 Å². The SMILES string of the molecule is Cc1cccc(N2CCN(c3nc(Cl)nc4sc5c(c34)CCC5)CC2)c1. The Morgan fingerprint density at radius 1 is 1.04 bits per heavy atom. The van der Waals surface area contributed by atoms with Crippen LogP contribution in [0.25, 0.3) is 10.2 Å². The van der Waals surface area contributed by atoms with Gasteiger partial charge in [-0.05, 0) is 61.0 Å². The van der Waals surface area contributed by atoms with E-state index in [0.717, 1.165) is 43.2 Å². The minimum Gasteiger partial charge on any atom is -0.368 e. The van der Waals surface area contributed by atoms with Crippen molar-refractivity contribution in [1.82, 2.24) is 9.97 Å². The van der Waals surface area contributed by atoms with Gasteiger partial charge in [-0.1, -0.05) is 12.1 Å². The van der Waals surface area contributed by atoms with Crippen molar-refractivity contribution in [2.45, 2.75) is 26.2 Å². The molecule has 0 radical (unpaired) electrons. The number of rotatable bonds is 2. The lowest BCUT2D eigenvalue weighted by Gasteiger charge is -2.37. The molecule has 0 saturated carbocycles.